The fraction of sp³-hybridized carbons (Fsp3) is 0.300. The largest absolute Gasteiger partial charge is 0.480 e. The molecule has 3 heterocycles. The third-order valence-corrected chi connectivity index (χ3v) is 4.49. The minimum absolute atomic E-state index is 0.604. The molecule has 0 unspecified atom stereocenters. The minimum Gasteiger partial charge on any atom is -0.480 e. The molecule has 5 nitrogen and oxygen atoms in total. The number of benzene rings is 1. The fourth-order valence-corrected chi connectivity index (χ4v) is 3.13. The third kappa shape index (κ3) is 3.48. The van der Waals surface area contributed by atoms with E-state index in [0.717, 1.165) is 55.0 Å². The van der Waals surface area contributed by atoms with E-state index in [2.05, 4.69) is 33.1 Å². The number of fused-ring (bicyclic) bond motifs is 1. The summed E-state index contributed by atoms with van der Waals surface area (Å²) in [6.45, 7) is 4.48. The van der Waals surface area contributed by atoms with Gasteiger partial charge in [0.2, 0.25) is 5.88 Å². The second-order valence-corrected chi connectivity index (χ2v) is 6.18. The van der Waals surface area contributed by atoms with Crippen LogP contribution in [0, 0.1) is 0 Å². The van der Waals surface area contributed by atoms with Crippen LogP contribution >= 0.6 is 0 Å². The molecule has 0 bridgehead atoms. The van der Waals surface area contributed by atoms with Crippen LogP contribution in [0.5, 0.6) is 5.88 Å². The van der Waals surface area contributed by atoms with E-state index in [4.69, 9.17) is 9.47 Å². The average molecular weight is 335 g/mol. The summed E-state index contributed by atoms with van der Waals surface area (Å²) in [7, 11) is 1.65. The lowest BCUT2D eigenvalue weighted by atomic mass is 10.1. The Morgan fingerprint density at radius 2 is 1.96 bits per heavy atom. The monoisotopic (exact) mass is 335 g/mol. The number of hydrogen-bond donors (Lipinski definition) is 0. The Balaban J connectivity index is 1.61. The fourth-order valence-electron chi connectivity index (χ4n) is 3.13. The van der Waals surface area contributed by atoms with Crippen molar-refractivity contribution in [1.29, 1.82) is 0 Å². The van der Waals surface area contributed by atoms with Gasteiger partial charge in [0, 0.05) is 31.2 Å². The second kappa shape index (κ2) is 7.17. The predicted molar refractivity (Wildman–Crippen MR) is 97.6 cm³/mol. The van der Waals surface area contributed by atoms with E-state index in [1.54, 1.807) is 7.11 Å². The normalized spacial score (nSPS) is 15.4. The van der Waals surface area contributed by atoms with E-state index in [0.29, 0.717) is 5.88 Å². The average Bonchev–Trinajstić information content (AvgIpc) is 2.68. The number of para-hydroxylation sites is 1. The molecule has 2 aromatic heterocycles. The highest BCUT2D eigenvalue weighted by Gasteiger charge is 2.13. The van der Waals surface area contributed by atoms with E-state index in [1.165, 1.54) is 5.56 Å². The van der Waals surface area contributed by atoms with Gasteiger partial charge in [-0.2, -0.15) is 0 Å². The molecule has 0 spiro atoms. The van der Waals surface area contributed by atoms with Crippen LogP contribution in [0.4, 0.5) is 0 Å². The molecule has 0 saturated carbocycles. The Bertz CT molecular complexity index is 858. The summed E-state index contributed by atoms with van der Waals surface area (Å²) in [5.74, 6) is 0.604. The van der Waals surface area contributed by atoms with Gasteiger partial charge in [0.05, 0.1) is 37.1 Å². The molecule has 0 aliphatic carbocycles. The molecule has 1 saturated heterocycles. The van der Waals surface area contributed by atoms with Gasteiger partial charge in [-0.05, 0) is 23.8 Å². The number of ether oxygens (including phenoxy) is 2. The molecule has 0 amide bonds. The number of pyridine rings is 2. The summed E-state index contributed by atoms with van der Waals surface area (Å²) in [5.41, 5.74) is 3.92. The molecule has 0 atom stereocenters. The van der Waals surface area contributed by atoms with Gasteiger partial charge < -0.3 is 9.47 Å². The summed E-state index contributed by atoms with van der Waals surface area (Å²) in [5, 5.41) is 1.08. The number of aromatic nitrogens is 2. The lowest BCUT2D eigenvalue weighted by Gasteiger charge is -2.26. The van der Waals surface area contributed by atoms with Gasteiger partial charge in [-0.3, -0.25) is 9.88 Å². The summed E-state index contributed by atoms with van der Waals surface area (Å²) in [6, 6.07) is 14.3. The first kappa shape index (κ1) is 16.0. The zero-order chi connectivity index (χ0) is 17.1. The van der Waals surface area contributed by atoms with Crippen molar-refractivity contribution in [3.05, 3.63) is 54.2 Å². The number of morpholine rings is 1. The van der Waals surface area contributed by atoms with Gasteiger partial charge >= 0.3 is 0 Å². The Kier molecular flexibility index (Phi) is 4.59. The summed E-state index contributed by atoms with van der Waals surface area (Å²) in [6.07, 6.45) is 1.94. The quantitative estimate of drug-likeness (QED) is 0.733. The Hall–Kier alpha value is -2.50. The number of methoxy groups -OCH3 is 1. The van der Waals surface area contributed by atoms with Gasteiger partial charge in [-0.15, -0.1) is 0 Å². The third-order valence-electron chi connectivity index (χ3n) is 4.49. The molecule has 1 aliphatic rings. The highest BCUT2D eigenvalue weighted by Crippen LogP contribution is 2.30. The zero-order valence-electron chi connectivity index (χ0n) is 14.3. The van der Waals surface area contributed by atoms with Crippen LogP contribution in [0.1, 0.15) is 5.56 Å². The first-order chi connectivity index (χ1) is 12.3. The van der Waals surface area contributed by atoms with Gasteiger partial charge in [-0.25, -0.2) is 4.98 Å². The van der Waals surface area contributed by atoms with Crippen molar-refractivity contribution in [1.82, 2.24) is 14.9 Å². The Morgan fingerprint density at radius 1 is 1.12 bits per heavy atom. The molecule has 1 aromatic carbocycles. The van der Waals surface area contributed by atoms with E-state index in [9.17, 15) is 0 Å². The SMILES string of the molecule is COc1nc2ccccc2cc1-c1ccc(CN2CCOCC2)cn1. The summed E-state index contributed by atoms with van der Waals surface area (Å²) < 4.78 is 10.9. The molecule has 3 aromatic rings. The van der Waals surface area contributed by atoms with Gasteiger partial charge in [0.15, 0.2) is 0 Å². The molecule has 0 N–H and O–H groups in total. The van der Waals surface area contributed by atoms with Crippen LogP contribution in [-0.4, -0.2) is 48.3 Å². The zero-order valence-corrected chi connectivity index (χ0v) is 14.3. The first-order valence-corrected chi connectivity index (χ1v) is 8.53. The first-order valence-electron chi connectivity index (χ1n) is 8.53. The van der Waals surface area contributed by atoms with Crippen molar-refractivity contribution in [2.45, 2.75) is 6.54 Å². The maximum absolute atomic E-state index is 5.49. The van der Waals surface area contributed by atoms with Crippen LogP contribution in [0.2, 0.25) is 0 Å². The van der Waals surface area contributed by atoms with Gasteiger partial charge in [0.25, 0.3) is 0 Å². The number of rotatable bonds is 4. The molecular formula is C20H21N3O2. The van der Waals surface area contributed by atoms with Crippen molar-refractivity contribution in [2.75, 3.05) is 33.4 Å². The molecule has 1 aliphatic heterocycles. The standard InChI is InChI=1S/C20H21N3O2/c1-24-20-17(12-16-4-2-3-5-18(16)22-20)19-7-6-15(13-21-19)14-23-8-10-25-11-9-23/h2-7,12-13H,8-11,14H2,1H3. The van der Waals surface area contributed by atoms with Gasteiger partial charge in [0.1, 0.15) is 0 Å². The van der Waals surface area contributed by atoms with Crippen LogP contribution in [0.15, 0.2) is 48.7 Å². The molecule has 128 valence electrons. The highest BCUT2D eigenvalue weighted by molar-refractivity contribution is 5.85. The summed E-state index contributed by atoms with van der Waals surface area (Å²) in [4.78, 5) is 11.6. The minimum atomic E-state index is 0.604. The molecule has 1 fully saturated rings. The molecule has 5 heteroatoms. The lowest BCUT2D eigenvalue weighted by molar-refractivity contribution is 0.0341. The van der Waals surface area contributed by atoms with Crippen LogP contribution in [0.25, 0.3) is 22.2 Å². The smallest absolute Gasteiger partial charge is 0.223 e. The maximum Gasteiger partial charge on any atom is 0.223 e. The van der Waals surface area contributed by atoms with E-state index in [-0.39, 0.29) is 0 Å². The van der Waals surface area contributed by atoms with E-state index >= 15 is 0 Å². The van der Waals surface area contributed by atoms with Crippen molar-refractivity contribution in [3.8, 4) is 17.1 Å². The van der Waals surface area contributed by atoms with Crippen molar-refractivity contribution in [2.24, 2.45) is 0 Å². The molecule has 25 heavy (non-hydrogen) atoms. The van der Waals surface area contributed by atoms with Crippen LogP contribution < -0.4 is 4.74 Å². The van der Waals surface area contributed by atoms with E-state index in [1.807, 2.05) is 30.5 Å². The van der Waals surface area contributed by atoms with Crippen molar-refractivity contribution < 1.29 is 9.47 Å². The van der Waals surface area contributed by atoms with Crippen molar-refractivity contribution in [3.63, 3.8) is 0 Å². The molecular weight excluding hydrogens is 314 g/mol. The number of nitrogens with zero attached hydrogens (tertiary/aromatic N) is 3. The van der Waals surface area contributed by atoms with E-state index < -0.39 is 0 Å². The van der Waals surface area contributed by atoms with Crippen molar-refractivity contribution >= 4 is 10.9 Å². The number of hydrogen-bond acceptors (Lipinski definition) is 5. The van der Waals surface area contributed by atoms with Gasteiger partial charge in [-0.1, -0.05) is 24.3 Å². The highest BCUT2D eigenvalue weighted by atomic mass is 16.5. The predicted octanol–water partition coefficient (Wildman–Crippen LogP) is 3.14. The summed E-state index contributed by atoms with van der Waals surface area (Å²) >= 11 is 0. The second-order valence-electron chi connectivity index (χ2n) is 6.18. The van der Waals surface area contributed by atoms with Crippen LogP contribution in [-0.2, 0) is 11.3 Å². The lowest BCUT2D eigenvalue weighted by Crippen LogP contribution is -2.35. The van der Waals surface area contributed by atoms with Crippen LogP contribution in [0.3, 0.4) is 0 Å². The molecule has 4 rings (SSSR count). The molecule has 0 radical (unpaired) electrons. The Labute approximate surface area is 147 Å². The Morgan fingerprint density at radius 3 is 2.72 bits per heavy atom. The maximum atomic E-state index is 5.49. The topological polar surface area (TPSA) is 47.5 Å².